The second-order valence-electron chi connectivity index (χ2n) is 5.24. The van der Waals surface area contributed by atoms with Crippen LogP contribution in [0.1, 0.15) is 18.3 Å². The lowest BCUT2D eigenvalue weighted by atomic mass is 10.1. The molecule has 20 heavy (non-hydrogen) atoms. The Morgan fingerprint density at radius 3 is 3.15 bits per heavy atom. The maximum absolute atomic E-state index is 4.59. The number of aromatic nitrogens is 4. The molecule has 0 amide bonds. The molecule has 6 nitrogen and oxygen atoms in total. The Labute approximate surface area is 118 Å². The van der Waals surface area contributed by atoms with Gasteiger partial charge in [-0.2, -0.15) is 4.98 Å². The Kier molecular flexibility index (Phi) is 3.92. The molecule has 0 aromatic carbocycles. The van der Waals surface area contributed by atoms with Gasteiger partial charge in [0.25, 0.3) is 0 Å². The molecule has 1 fully saturated rings. The molecule has 0 bridgehead atoms. The van der Waals surface area contributed by atoms with Crippen LogP contribution in [0.5, 0.6) is 0 Å². The molecule has 3 rings (SSSR count). The molecule has 1 atom stereocenters. The second-order valence-corrected chi connectivity index (χ2v) is 5.24. The van der Waals surface area contributed by atoms with Crippen LogP contribution in [0.15, 0.2) is 24.5 Å². The van der Waals surface area contributed by atoms with Crippen molar-refractivity contribution >= 4 is 5.95 Å². The number of anilines is 1. The van der Waals surface area contributed by atoms with Crippen molar-refractivity contribution < 1.29 is 0 Å². The van der Waals surface area contributed by atoms with Gasteiger partial charge in [0, 0.05) is 44.5 Å². The Morgan fingerprint density at radius 1 is 1.40 bits per heavy atom. The first-order chi connectivity index (χ1) is 9.81. The van der Waals surface area contributed by atoms with Crippen molar-refractivity contribution in [1.82, 2.24) is 25.5 Å². The fourth-order valence-corrected chi connectivity index (χ4v) is 2.46. The summed E-state index contributed by atoms with van der Waals surface area (Å²) in [7, 11) is 0. The summed E-state index contributed by atoms with van der Waals surface area (Å²) in [5.74, 6) is 1.76. The molecule has 3 heterocycles. The molecular formula is C14H20N6. The van der Waals surface area contributed by atoms with Gasteiger partial charge in [-0.25, -0.2) is 0 Å². The van der Waals surface area contributed by atoms with Gasteiger partial charge in [0.1, 0.15) is 5.82 Å². The van der Waals surface area contributed by atoms with Gasteiger partial charge in [-0.05, 0) is 25.0 Å². The number of piperazine rings is 1. The highest BCUT2D eigenvalue weighted by molar-refractivity contribution is 5.30. The van der Waals surface area contributed by atoms with E-state index in [-0.39, 0.29) is 0 Å². The van der Waals surface area contributed by atoms with E-state index < -0.39 is 0 Å². The fourth-order valence-electron chi connectivity index (χ4n) is 2.46. The Balaban J connectivity index is 1.59. The Bertz CT molecular complexity index is 538. The van der Waals surface area contributed by atoms with Crippen molar-refractivity contribution in [2.24, 2.45) is 0 Å². The van der Waals surface area contributed by atoms with Gasteiger partial charge in [-0.3, -0.25) is 10.1 Å². The largest absolute Gasteiger partial charge is 0.337 e. The number of aryl methyl sites for hydroxylation is 2. The molecule has 2 aromatic rings. The molecule has 0 radical (unpaired) electrons. The maximum atomic E-state index is 4.59. The fraction of sp³-hybridized carbons (Fsp3) is 0.500. The van der Waals surface area contributed by atoms with Crippen LogP contribution in [0.25, 0.3) is 0 Å². The molecule has 6 heteroatoms. The molecule has 0 aliphatic carbocycles. The predicted molar refractivity (Wildman–Crippen MR) is 77.7 cm³/mol. The van der Waals surface area contributed by atoms with E-state index in [9.17, 15) is 0 Å². The summed E-state index contributed by atoms with van der Waals surface area (Å²) >= 11 is 0. The summed E-state index contributed by atoms with van der Waals surface area (Å²) in [6.45, 7) is 5.09. The average Bonchev–Trinajstić information content (AvgIpc) is 2.95. The summed E-state index contributed by atoms with van der Waals surface area (Å²) in [5, 5.41) is 10.8. The highest BCUT2D eigenvalue weighted by Crippen LogP contribution is 2.11. The Morgan fingerprint density at radius 2 is 2.35 bits per heavy atom. The summed E-state index contributed by atoms with van der Waals surface area (Å²) < 4.78 is 0. The van der Waals surface area contributed by atoms with Crippen LogP contribution >= 0.6 is 0 Å². The molecule has 0 saturated carbocycles. The third kappa shape index (κ3) is 3.14. The van der Waals surface area contributed by atoms with Gasteiger partial charge in [0.15, 0.2) is 0 Å². The van der Waals surface area contributed by atoms with E-state index in [0.717, 1.165) is 44.2 Å². The van der Waals surface area contributed by atoms with Gasteiger partial charge in [0.05, 0.1) is 0 Å². The topological polar surface area (TPSA) is 69.7 Å². The molecule has 2 N–H and O–H groups in total. The van der Waals surface area contributed by atoms with E-state index >= 15 is 0 Å². The lowest BCUT2D eigenvalue weighted by Crippen LogP contribution is -2.49. The number of H-pyrrole nitrogens is 1. The van der Waals surface area contributed by atoms with Gasteiger partial charge in [0.2, 0.25) is 5.95 Å². The number of rotatable bonds is 4. The zero-order chi connectivity index (χ0) is 13.8. The van der Waals surface area contributed by atoms with Crippen molar-refractivity contribution in [1.29, 1.82) is 0 Å². The summed E-state index contributed by atoms with van der Waals surface area (Å²) in [6, 6.07) is 4.53. The normalized spacial score (nSPS) is 19.2. The maximum Gasteiger partial charge on any atom is 0.244 e. The minimum absolute atomic E-state index is 0.487. The number of pyridine rings is 1. The van der Waals surface area contributed by atoms with Gasteiger partial charge >= 0.3 is 0 Å². The lowest BCUT2D eigenvalue weighted by Gasteiger charge is -2.30. The van der Waals surface area contributed by atoms with E-state index in [2.05, 4.69) is 43.4 Å². The Hall–Kier alpha value is -1.95. The van der Waals surface area contributed by atoms with Crippen LogP contribution in [-0.2, 0) is 12.8 Å². The van der Waals surface area contributed by atoms with Crippen LogP contribution in [0.4, 0.5) is 5.95 Å². The molecule has 1 saturated heterocycles. The van der Waals surface area contributed by atoms with E-state index in [1.54, 1.807) is 6.20 Å². The van der Waals surface area contributed by atoms with Crippen LogP contribution in [-0.4, -0.2) is 45.8 Å². The lowest BCUT2D eigenvalue weighted by molar-refractivity contribution is 0.479. The molecule has 0 spiro atoms. The number of aromatic amines is 1. The third-order valence-corrected chi connectivity index (χ3v) is 3.54. The number of nitrogens with one attached hydrogen (secondary N) is 2. The van der Waals surface area contributed by atoms with E-state index in [1.165, 1.54) is 5.56 Å². The van der Waals surface area contributed by atoms with Gasteiger partial charge in [-0.1, -0.05) is 6.07 Å². The minimum Gasteiger partial charge on any atom is -0.337 e. The first kappa shape index (κ1) is 13.1. The van der Waals surface area contributed by atoms with Crippen molar-refractivity contribution in [2.75, 3.05) is 24.5 Å². The van der Waals surface area contributed by atoms with Crippen molar-refractivity contribution in [3.05, 3.63) is 35.9 Å². The smallest absolute Gasteiger partial charge is 0.244 e. The first-order valence-corrected chi connectivity index (χ1v) is 7.10. The van der Waals surface area contributed by atoms with E-state index in [0.29, 0.717) is 6.04 Å². The third-order valence-electron chi connectivity index (χ3n) is 3.54. The van der Waals surface area contributed by atoms with Crippen LogP contribution in [0, 0.1) is 0 Å². The summed E-state index contributed by atoms with van der Waals surface area (Å²) in [6.07, 6.45) is 5.48. The van der Waals surface area contributed by atoms with Crippen molar-refractivity contribution in [2.45, 2.75) is 25.8 Å². The van der Waals surface area contributed by atoms with Crippen molar-refractivity contribution in [3.63, 3.8) is 0 Å². The van der Waals surface area contributed by atoms with Gasteiger partial charge in [-0.15, -0.1) is 5.10 Å². The zero-order valence-electron chi connectivity index (χ0n) is 11.7. The predicted octanol–water partition coefficient (Wildman–Crippen LogP) is 0.783. The number of nitrogens with zero attached hydrogens (tertiary/aromatic N) is 4. The zero-order valence-corrected chi connectivity index (χ0v) is 11.7. The first-order valence-electron chi connectivity index (χ1n) is 7.10. The molecular weight excluding hydrogens is 252 g/mol. The molecule has 1 aliphatic heterocycles. The molecule has 1 unspecified atom stereocenters. The van der Waals surface area contributed by atoms with Crippen LogP contribution in [0.2, 0.25) is 0 Å². The minimum atomic E-state index is 0.487. The number of hydrogen-bond acceptors (Lipinski definition) is 5. The molecule has 106 valence electrons. The monoisotopic (exact) mass is 272 g/mol. The molecule has 2 aromatic heterocycles. The van der Waals surface area contributed by atoms with Crippen LogP contribution in [0.3, 0.4) is 0 Å². The second kappa shape index (κ2) is 6.00. The van der Waals surface area contributed by atoms with Crippen molar-refractivity contribution in [3.8, 4) is 0 Å². The molecule has 1 aliphatic rings. The average molecular weight is 272 g/mol. The van der Waals surface area contributed by atoms with E-state index in [1.807, 2.05) is 12.3 Å². The quantitative estimate of drug-likeness (QED) is 0.861. The summed E-state index contributed by atoms with van der Waals surface area (Å²) in [5.41, 5.74) is 1.22. The van der Waals surface area contributed by atoms with E-state index in [4.69, 9.17) is 0 Å². The highest BCUT2D eigenvalue weighted by Gasteiger charge is 2.19. The van der Waals surface area contributed by atoms with Gasteiger partial charge < -0.3 is 10.2 Å². The SMILES string of the molecule is CC1CN(c2n[nH]c(CCc3cccnc3)n2)CCN1. The number of hydrogen-bond donors (Lipinski definition) is 2. The van der Waals surface area contributed by atoms with Crippen LogP contribution < -0.4 is 10.2 Å². The summed E-state index contributed by atoms with van der Waals surface area (Å²) in [4.78, 5) is 10.9. The standard InChI is InChI=1S/C14H20N6/c1-11-10-20(8-7-16-11)14-17-13(18-19-14)5-4-12-3-2-6-15-9-12/h2-3,6,9,11,16H,4-5,7-8,10H2,1H3,(H,17,18,19). The highest BCUT2D eigenvalue weighted by atomic mass is 15.4.